The van der Waals surface area contributed by atoms with E-state index in [2.05, 4.69) is 34.2 Å². The van der Waals surface area contributed by atoms with Gasteiger partial charge < -0.3 is 14.8 Å². The Labute approximate surface area is 213 Å². The number of hydrogen-bond acceptors (Lipinski definition) is 6. The summed E-state index contributed by atoms with van der Waals surface area (Å²) in [4.78, 5) is 33.4. The Morgan fingerprint density at radius 2 is 2.17 bits per heavy atom. The van der Waals surface area contributed by atoms with Gasteiger partial charge in [0, 0.05) is 23.7 Å². The number of esters is 1. The molecular formula is C29H37N3O4. The standard InChI is InChI=1S/C29H37N3O4/c1-5-7-8-26(30-4)19-9-10-21(31-17-19)11-14-24-23-13-12-22(32-29(34)35-6-2)15-20(23)16-25-27(24)18(3)36-28(25)33/h5,7-11,14,17-18,20,22-25,27H,4,6,12-13,15-16H2,1-3H3,(H,32,34)/b7-5-,14-11+,26-8-/t18-,20+,22?,23-,24+,25-,27+/m1/s1. The number of aromatic nitrogens is 1. The zero-order valence-corrected chi connectivity index (χ0v) is 21.4. The minimum Gasteiger partial charge on any atom is -0.462 e. The predicted octanol–water partition coefficient (Wildman–Crippen LogP) is 5.44. The van der Waals surface area contributed by atoms with Crippen LogP contribution in [0.5, 0.6) is 0 Å². The SMILES string of the molecule is C=N/C(=C\C=C/C)c1ccc(/C=C/[C@H]2[C@@H]3CCC(NC(=O)OCC)C[C@H]3C[C@H]3C(=O)O[C@H](C)[C@@H]23)nc1. The second-order valence-electron chi connectivity index (χ2n) is 10.0. The van der Waals surface area contributed by atoms with Crippen molar-refractivity contribution in [2.45, 2.75) is 58.6 Å². The molecule has 1 aliphatic heterocycles. The molecule has 1 N–H and O–H groups in total. The Morgan fingerprint density at radius 1 is 1.33 bits per heavy atom. The van der Waals surface area contributed by atoms with Crippen molar-refractivity contribution in [1.82, 2.24) is 10.3 Å². The van der Waals surface area contributed by atoms with Crippen LogP contribution in [-0.4, -0.2) is 42.5 Å². The molecule has 7 atom stereocenters. The van der Waals surface area contributed by atoms with E-state index in [4.69, 9.17) is 9.47 Å². The van der Waals surface area contributed by atoms with Gasteiger partial charge in [0.15, 0.2) is 0 Å². The number of aliphatic imine (C=N–C) groups is 1. The van der Waals surface area contributed by atoms with Gasteiger partial charge in [0.1, 0.15) is 6.10 Å². The summed E-state index contributed by atoms with van der Waals surface area (Å²) < 4.78 is 10.8. The van der Waals surface area contributed by atoms with Gasteiger partial charge in [-0.1, -0.05) is 18.2 Å². The monoisotopic (exact) mass is 491 g/mol. The lowest BCUT2D eigenvalue weighted by Gasteiger charge is -2.47. The number of ether oxygens (including phenoxy) is 2. The van der Waals surface area contributed by atoms with E-state index in [0.29, 0.717) is 18.4 Å². The summed E-state index contributed by atoms with van der Waals surface area (Å²) in [6, 6.07) is 4.07. The fourth-order valence-corrected chi connectivity index (χ4v) is 6.38. The lowest BCUT2D eigenvalue weighted by atomic mass is 9.57. The summed E-state index contributed by atoms with van der Waals surface area (Å²) in [5.74, 6) is 1.02. The second kappa shape index (κ2) is 11.7. The number of carbonyl (C=O) groups excluding carboxylic acids is 2. The summed E-state index contributed by atoms with van der Waals surface area (Å²) in [6.07, 6.45) is 15.1. The summed E-state index contributed by atoms with van der Waals surface area (Å²) in [6.45, 7) is 9.80. The van der Waals surface area contributed by atoms with Gasteiger partial charge in [-0.2, -0.15) is 0 Å². The molecule has 2 saturated carbocycles. The van der Waals surface area contributed by atoms with Crippen LogP contribution in [0.1, 0.15) is 57.7 Å². The van der Waals surface area contributed by atoms with Crippen LogP contribution < -0.4 is 5.32 Å². The normalized spacial score (nSPS) is 32.1. The molecule has 1 unspecified atom stereocenters. The van der Waals surface area contributed by atoms with Crippen LogP contribution in [0.3, 0.4) is 0 Å². The van der Waals surface area contributed by atoms with Gasteiger partial charge in [-0.25, -0.2) is 4.79 Å². The fraction of sp³-hybridized carbons (Fsp3) is 0.517. The maximum Gasteiger partial charge on any atom is 0.407 e. The number of carbonyl (C=O) groups is 2. The topological polar surface area (TPSA) is 89.9 Å². The lowest BCUT2D eigenvalue weighted by Crippen LogP contribution is -2.48. The van der Waals surface area contributed by atoms with Crippen LogP contribution in [0.2, 0.25) is 0 Å². The minimum atomic E-state index is -0.357. The van der Waals surface area contributed by atoms with E-state index in [9.17, 15) is 9.59 Å². The quantitative estimate of drug-likeness (QED) is 0.312. The average Bonchev–Trinajstić information content (AvgIpc) is 3.15. The van der Waals surface area contributed by atoms with Crippen LogP contribution in [0.4, 0.5) is 4.79 Å². The molecule has 1 amide bonds. The average molecular weight is 492 g/mol. The first kappa shape index (κ1) is 25.9. The Kier molecular flexibility index (Phi) is 8.39. The maximum atomic E-state index is 12.7. The third-order valence-electron chi connectivity index (χ3n) is 7.93. The van der Waals surface area contributed by atoms with Crippen LogP contribution in [0.15, 0.2) is 47.6 Å². The number of nitrogens with one attached hydrogen (secondary N) is 1. The van der Waals surface area contributed by atoms with E-state index in [0.717, 1.165) is 42.6 Å². The van der Waals surface area contributed by atoms with Crippen molar-refractivity contribution in [3.8, 4) is 0 Å². The first-order valence-electron chi connectivity index (χ1n) is 13.0. The van der Waals surface area contributed by atoms with Crippen molar-refractivity contribution in [1.29, 1.82) is 0 Å². The molecule has 2 aliphatic carbocycles. The number of alkyl carbamates (subject to hydrolysis) is 1. The summed E-state index contributed by atoms with van der Waals surface area (Å²) >= 11 is 0. The van der Waals surface area contributed by atoms with Crippen molar-refractivity contribution in [3.05, 3.63) is 53.9 Å². The van der Waals surface area contributed by atoms with Crippen LogP contribution in [-0.2, 0) is 14.3 Å². The Morgan fingerprint density at radius 3 is 2.86 bits per heavy atom. The zero-order valence-electron chi connectivity index (χ0n) is 21.4. The van der Waals surface area contributed by atoms with E-state index < -0.39 is 0 Å². The highest BCUT2D eigenvalue weighted by Crippen LogP contribution is 2.53. The maximum absolute atomic E-state index is 12.7. The van der Waals surface area contributed by atoms with Crippen molar-refractivity contribution in [3.63, 3.8) is 0 Å². The summed E-state index contributed by atoms with van der Waals surface area (Å²) in [5.41, 5.74) is 2.55. The number of amides is 1. The minimum absolute atomic E-state index is 0.0790. The summed E-state index contributed by atoms with van der Waals surface area (Å²) in [5, 5.41) is 3.01. The molecule has 1 saturated heterocycles. The number of pyridine rings is 1. The molecule has 0 radical (unpaired) electrons. The molecule has 0 aromatic carbocycles. The van der Waals surface area contributed by atoms with Crippen LogP contribution in [0.25, 0.3) is 11.8 Å². The van der Waals surface area contributed by atoms with E-state index in [1.807, 2.05) is 50.4 Å². The van der Waals surface area contributed by atoms with Gasteiger partial charge in [-0.3, -0.25) is 14.8 Å². The number of nitrogens with zero attached hydrogens (tertiary/aromatic N) is 2. The van der Waals surface area contributed by atoms with Crippen LogP contribution in [0, 0.1) is 29.6 Å². The van der Waals surface area contributed by atoms with Crippen molar-refractivity contribution < 1.29 is 19.1 Å². The first-order valence-corrected chi connectivity index (χ1v) is 13.0. The van der Waals surface area contributed by atoms with Gasteiger partial charge in [0.25, 0.3) is 0 Å². The molecule has 0 spiro atoms. The molecule has 36 heavy (non-hydrogen) atoms. The van der Waals surface area contributed by atoms with Crippen molar-refractivity contribution >= 4 is 30.6 Å². The number of cyclic esters (lactones) is 1. The van der Waals surface area contributed by atoms with E-state index in [1.54, 1.807) is 6.92 Å². The van der Waals surface area contributed by atoms with E-state index in [-0.39, 0.29) is 42.0 Å². The molecule has 3 aliphatic rings. The highest BCUT2D eigenvalue weighted by atomic mass is 16.6. The zero-order chi connectivity index (χ0) is 25.7. The molecule has 192 valence electrons. The molecule has 3 fully saturated rings. The Balaban J connectivity index is 1.52. The molecule has 7 nitrogen and oxygen atoms in total. The number of hydrogen-bond donors (Lipinski definition) is 1. The second-order valence-corrected chi connectivity index (χ2v) is 10.0. The van der Waals surface area contributed by atoms with Crippen molar-refractivity contribution in [2.75, 3.05) is 6.61 Å². The number of allylic oxidation sites excluding steroid dienone is 4. The lowest BCUT2D eigenvalue weighted by molar-refractivity contribution is -0.144. The van der Waals surface area contributed by atoms with Crippen LogP contribution >= 0.6 is 0 Å². The molecular weight excluding hydrogens is 454 g/mol. The van der Waals surface area contributed by atoms with E-state index in [1.165, 1.54) is 0 Å². The van der Waals surface area contributed by atoms with E-state index >= 15 is 0 Å². The van der Waals surface area contributed by atoms with Gasteiger partial charge in [0.05, 0.1) is 23.9 Å². The molecule has 4 rings (SSSR count). The fourth-order valence-electron chi connectivity index (χ4n) is 6.38. The Hall–Kier alpha value is -3.22. The first-order chi connectivity index (χ1) is 17.4. The molecule has 2 heterocycles. The number of fused-ring (bicyclic) bond motifs is 2. The highest BCUT2D eigenvalue weighted by molar-refractivity contribution is 5.76. The Bertz CT molecular complexity index is 1050. The molecule has 1 aromatic rings. The molecule has 1 aromatic heterocycles. The smallest absolute Gasteiger partial charge is 0.407 e. The van der Waals surface area contributed by atoms with Gasteiger partial charge in [-0.05, 0) is 95.2 Å². The third-order valence-corrected chi connectivity index (χ3v) is 7.93. The summed E-state index contributed by atoms with van der Waals surface area (Å²) in [7, 11) is 0. The number of rotatable bonds is 7. The molecule has 0 bridgehead atoms. The van der Waals surface area contributed by atoms with Gasteiger partial charge in [-0.15, -0.1) is 0 Å². The third kappa shape index (κ3) is 5.61. The van der Waals surface area contributed by atoms with Crippen molar-refractivity contribution in [2.24, 2.45) is 34.6 Å². The van der Waals surface area contributed by atoms with Gasteiger partial charge >= 0.3 is 12.1 Å². The largest absolute Gasteiger partial charge is 0.462 e. The predicted molar refractivity (Wildman–Crippen MR) is 141 cm³/mol. The molecule has 7 heteroatoms. The van der Waals surface area contributed by atoms with Gasteiger partial charge in [0.2, 0.25) is 0 Å². The highest BCUT2D eigenvalue weighted by Gasteiger charge is 2.54.